The summed E-state index contributed by atoms with van der Waals surface area (Å²) in [4.78, 5) is 0. The van der Waals surface area contributed by atoms with Crippen LogP contribution in [0.4, 0.5) is 0 Å². The van der Waals surface area contributed by atoms with Crippen molar-refractivity contribution in [1.29, 1.82) is 5.26 Å². The van der Waals surface area contributed by atoms with E-state index in [-0.39, 0.29) is 90.1 Å². The van der Waals surface area contributed by atoms with Crippen LogP contribution >= 0.6 is 12.6 Å². The van der Waals surface area contributed by atoms with Crippen LogP contribution in [0.15, 0.2) is 0 Å². The third kappa shape index (κ3) is 28.9. The zero-order valence-electron chi connectivity index (χ0n) is 2.39. The molecule has 1 nitrogen and oxygen atoms in total. The van der Waals surface area contributed by atoms with E-state index in [0.717, 1.165) is 0 Å². The van der Waals surface area contributed by atoms with Gasteiger partial charge in [-0.2, -0.15) is 5.26 Å². The summed E-state index contributed by atoms with van der Waals surface area (Å²) >= 11 is 3.09. The molecule has 0 aliphatic heterocycles. The van der Waals surface area contributed by atoms with Crippen LogP contribution in [0.5, 0.6) is 0 Å². The van der Waals surface area contributed by atoms with Crippen molar-refractivity contribution in [3.05, 3.63) is 0 Å². The second-order valence-electron chi connectivity index (χ2n) is 0.100. The Morgan fingerprint density at radius 2 is 1.33 bits per heavy atom. The van der Waals surface area contributed by atoms with Crippen LogP contribution in [0.3, 0.4) is 0 Å². The molecule has 0 bridgehead atoms. The van der Waals surface area contributed by atoms with Gasteiger partial charge in [-0.3, -0.25) is 0 Å². The number of thiocyanates is 1. The van der Waals surface area contributed by atoms with Crippen molar-refractivity contribution in [2.45, 2.75) is 0 Å². The molecule has 0 heterocycles. The number of hydrogen-bond acceptors (Lipinski definition) is 2. The fraction of sp³-hybridized carbons (Fsp3) is 0. The Labute approximate surface area is 111 Å². The first kappa shape index (κ1) is 23.2. The molecule has 0 spiro atoms. The predicted octanol–water partition coefficient (Wildman–Crippen LogP) is -1.44. The normalized spacial score (nSPS) is 1.33. The van der Waals surface area contributed by atoms with E-state index in [1.165, 1.54) is 5.40 Å². The van der Waals surface area contributed by atoms with Crippen molar-refractivity contribution in [2.24, 2.45) is 0 Å². The van der Waals surface area contributed by atoms with Crippen LogP contribution in [0.25, 0.3) is 0 Å². The van der Waals surface area contributed by atoms with Crippen molar-refractivity contribution >= 4 is 101 Å². The number of thiol groups is 1. The first-order chi connectivity index (χ1) is 1.41. The van der Waals surface area contributed by atoms with E-state index in [1.54, 1.807) is 0 Å². The summed E-state index contributed by atoms with van der Waals surface area (Å²) in [6.45, 7) is 0. The summed E-state index contributed by atoms with van der Waals surface area (Å²) in [6.07, 6.45) is 0. The van der Waals surface area contributed by atoms with Gasteiger partial charge in [0.2, 0.25) is 0 Å². The monoisotopic (exact) mass is 132 g/mol. The maximum atomic E-state index is 7.18. The Bertz CT molecular complexity index is 36.4. The van der Waals surface area contributed by atoms with Gasteiger partial charge in [-0.25, -0.2) is 0 Å². The summed E-state index contributed by atoms with van der Waals surface area (Å²) in [5, 5.41) is 8.63. The molecule has 0 radical (unpaired) electrons. The van der Waals surface area contributed by atoms with Crippen LogP contribution in [0.2, 0.25) is 0 Å². The zero-order valence-corrected chi connectivity index (χ0v) is 2.29. The second-order valence-corrected chi connectivity index (χ2v) is 0.300. The molecule has 0 aliphatic rings. The van der Waals surface area contributed by atoms with Crippen molar-refractivity contribution < 1.29 is 1.43 Å². The van der Waals surface area contributed by atoms with Crippen molar-refractivity contribution in [2.75, 3.05) is 0 Å². The Morgan fingerprint density at radius 1 is 1.33 bits per heavy atom. The first-order valence-electron chi connectivity index (χ1n) is 0.447. The molecular weight excluding hydrogens is 127 g/mol. The van der Waals surface area contributed by atoms with Gasteiger partial charge in [0.1, 0.15) is 5.40 Å². The summed E-state index contributed by atoms with van der Waals surface area (Å²) in [5.74, 6) is 0. The molecule has 0 aromatic rings. The summed E-state index contributed by atoms with van der Waals surface area (Å²) in [7, 11) is 0. The van der Waals surface area contributed by atoms with E-state index in [9.17, 15) is 0 Å². The van der Waals surface area contributed by atoms with Gasteiger partial charge in [-0.05, 0) is 0 Å². The van der Waals surface area contributed by atoms with Gasteiger partial charge in [-0.15, -0.1) is 0 Å². The Morgan fingerprint density at radius 3 is 1.33 bits per heavy atom. The fourth-order valence-corrected chi connectivity index (χ4v) is 0. The van der Waals surface area contributed by atoms with Gasteiger partial charge in [0.15, 0.2) is 0 Å². The van der Waals surface area contributed by atoms with Gasteiger partial charge in [0.25, 0.3) is 0 Å². The third-order valence-electron chi connectivity index (χ3n) is 0. The second kappa shape index (κ2) is 24.9. The number of hydrogen-bond donors (Lipinski definition) is 1. The number of nitrogens with zero attached hydrogens (tertiary/aromatic N) is 1. The molecule has 0 amide bonds. The molecule has 0 saturated heterocycles. The Balaban J connectivity index is -0.00000000333. The molecule has 0 rings (SSSR count). The van der Waals surface area contributed by atoms with E-state index >= 15 is 0 Å². The van der Waals surface area contributed by atoms with E-state index in [1.807, 2.05) is 0 Å². The minimum absolute atomic E-state index is 0. The van der Waals surface area contributed by atoms with E-state index in [2.05, 4.69) is 12.6 Å². The van der Waals surface area contributed by atoms with Crippen molar-refractivity contribution in [1.82, 2.24) is 0 Å². The molecule has 0 atom stereocenters. The number of nitriles is 1. The quantitative estimate of drug-likeness (QED) is 0.244. The molecule has 22 valence electrons. The van der Waals surface area contributed by atoms with E-state index < -0.39 is 0 Å². The summed E-state index contributed by atoms with van der Waals surface area (Å²) < 4.78 is 0. The molecule has 0 aromatic carbocycles. The maximum absolute atomic E-state index is 7.18. The SMILES string of the molecule is N#CS.[H+].[NaH].[NaH].[NaH]. The average Bonchev–Trinajstić information content (AvgIpc) is 0.918. The molecule has 5 heteroatoms. The van der Waals surface area contributed by atoms with Gasteiger partial charge in [-0.1, -0.05) is 12.6 Å². The summed E-state index contributed by atoms with van der Waals surface area (Å²) in [6, 6.07) is 0. The fourth-order valence-electron chi connectivity index (χ4n) is 0. The molecule has 0 N–H and O–H groups in total. The van der Waals surface area contributed by atoms with Crippen LogP contribution in [-0.4, -0.2) is 88.7 Å². The van der Waals surface area contributed by atoms with E-state index in [4.69, 9.17) is 5.26 Å². The predicted molar refractivity (Wildman–Crippen MR) is 37.2 cm³/mol. The van der Waals surface area contributed by atoms with Gasteiger partial charge in [0.05, 0.1) is 0 Å². The van der Waals surface area contributed by atoms with Gasteiger partial charge in [0, 0.05) is 0 Å². The van der Waals surface area contributed by atoms with Crippen molar-refractivity contribution in [3.8, 4) is 5.40 Å². The van der Waals surface area contributed by atoms with Crippen LogP contribution in [0.1, 0.15) is 1.43 Å². The minimum atomic E-state index is 0. The molecule has 0 aromatic heterocycles. The molecule has 0 fully saturated rings. The zero-order chi connectivity index (χ0) is 2.71. The Hall–Kier alpha value is 2.84. The van der Waals surface area contributed by atoms with Gasteiger partial charge >= 0.3 is 90.1 Å². The van der Waals surface area contributed by atoms with Gasteiger partial charge < -0.3 is 0 Å². The summed E-state index contributed by atoms with van der Waals surface area (Å²) in [5.41, 5.74) is 0. The molecular formula is CH5NNa3S+. The first-order valence-corrected chi connectivity index (χ1v) is 0.894. The molecule has 6 heavy (non-hydrogen) atoms. The standard InChI is InChI=1S/CHNS.3Na.3H/c2-1-3;;;;;;/h3H;;;;;;/p+1. The Kier molecular flexibility index (Phi) is 96.2. The molecule has 0 unspecified atom stereocenters. The third-order valence-corrected chi connectivity index (χ3v) is 0. The van der Waals surface area contributed by atoms with Crippen LogP contribution in [-0.2, 0) is 0 Å². The van der Waals surface area contributed by atoms with Crippen LogP contribution < -0.4 is 0 Å². The number of rotatable bonds is 0. The topological polar surface area (TPSA) is 23.8 Å². The molecule has 0 aliphatic carbocycles. The van der Waals surface area contributed by atoms with Crippen LogP contribution in [0, 0.1) is 10.7 Å². The molecule has 0 saturated carbocycles. The van der Waals surface area contributed by atoms with Crippen molar-refractivity contribution in [3.63, 3.8) is 0 Å². The van der Waals surface area contributed by atoms with E-state index in [0.29, 0.717) is 0 Å². The average molecular weight is 132 g/mol.